The van der Waals surface area contributed by atoms with Crippen LogP contribution in [-0.4, -0.2) is 49.1 Å². The van der Waals surface area contributed by atoms with Crippen LogP contribution in [0.1, 0.15) is 5.56 Å². The number of nitrogens with zero attached hydrogens (tertiary/aromatic N) is 3. The van der Waals surface area contributed by atoms with Gasteiger partial charge >= 0.3 is 0 Å². The van der Waals surface area contributed by atoms with E-state index in [1.165, 1.54) is 0 Å². The fraction of sp³-hybridized carbons (Fsp3) is 0.400. The molecule has 0 amide bonds. The Bertz CT molecular complexity index is 579. The molecule has 2 N–H and O–H groups in total. The highest BCUT2D eigenvalue weighted by atomic mass is 16.5. The fourth-order valence-electron chi connectivity index (χ4n) is 1.96. The molecule has 7 nitrogen and oxygen atoms in total. The van der Waals surface area contributed by atoms with Gasteiger partial charge in [0.15, 0.2) is 5.82 Å². The van der Waals surface area contributed by atoms with E-state index in [2.05, 4.69) is 25.8 Å². The monoisotopic (exact) mass is 303 g/mol. The second kappa shape index (κ2) is 8.78. The van der Waals surface area contributed by atoms with Crippen LogP contribution in [0.3, 0.4) is 0 Å². The normalized spacial score (nSPS) is 10.3. The van der Waals surface area contributed by atoms with Crippen LogP contribution >= 0.6 is 0 Å². The molecule has 0 unspecified atom stereocenters. The number of anilines is 2. The first-order chi connectivity index (χ1) is 10.8. The summed E-state index contributed by atoms with van der Waals surface area (Å²) in [6.07, 6.45) is 2.40. The van der Waals surface area contributed by atoms with Crippen LogP contribution in [0, 0.1) is 0 Å². The maximum absolute atomic E-state index is 5.33. The number of hydrogen-bond donors (Lipinski definition) is 2. The van der Waals surface area contributed by atoms with Gasteiger partial charge in [0.05, 0.1) is 19.9 Å². The first kappa shape index (κ1) is 16.0. The van der Waals surface area contributed by atoms with E-state index in [9.17, 15) is 0 Å². The minimum atomic E-state index is 0.498. The molecule has 0 atom stereocenters. The molecule has 1 heterocycles. The average Bonchev–Trinajstić information content (AvgIpc) is 2.56. The average molecular weight is 303 g/mol. The second-order valence-corrected chi connectivity index (χ2v) is 4.57. The SMILES string of the molecule is COCCNc1cnnc(NCCc2ccccc2OC)n1. The molecule has 2 rings (SSSR count). The maximum Gasteiger partial charge on any atom is 0.244 e. The third-order valence-electron chi connectivity index (χ3n) is 3.04. The van der Waals surface area contributed by atoms with E-state index in [-0.39, 0.29) is 0 Å². The molecular weight excluding hydrogens is 282 g/mol. The molecule has 22 heavy (non-hydrogen) atoms. The molecule has 0 aliphatic carbocycles. The van der Waals surface area contributed by atoms with Gasteiger partial charge in [-0.05, 0) is 18.1 Å². The zero-order valence-corrected chi connectivity index (χ0v) is 12.9. The number of rotatable bonds is 9. The molecule has 2 aromatic rings. The summed E-state index contributed by atoms with van der Waals surface area (Å²) in [4.78, 5) is 4.34. The predicted octanol–water partition coefficient (Wildman–Crippen LogP) is 1.59. The minimum Gasteiger partial charge on any atom is -0.496 e. The minimum absolute atomic E-state index is 0.498. The van der Waals surface area contributed by atoms with Crippen LogP contribution in [-0.2, 0) is 11.2 Å². The van der Waals surface area contributed by atoms with E-state index < -0.39 is 0 Å². The van der Waals surface area contributed by atoms with Crippen molar-refractivity contribution in [2.24, 2.45) is 0 Å². The van der Waals surface area contributed by atoms with Crippen LogP contribution < -0.4 is 15.4 Å². The Morgan fingerprint density at radius 1 is 1.09 bits per heavy atom. The number of ether oxygens (including phenoxy) is 2. The predicted molar refractivity (Wildman–Crippen MR) is 85.4 cm³/mol. The molecule has 7 heteroatoms. The number of benzene rings is 1. The number of nitrogens with one attached hydrogen (secondary N) is 2. The van der Waals surface area contributed by atoms with Crippen molar-refractivity contribution in [3.63, 3.8) is 0 Å². The molecule has 0 saturated carbocycles. The van der Waals surface area contributed by atoms with Gasteiger partial charge in [-0.15, -0.1) is 5.10 Å². The smallest absolute Gasteiger partial charge is 0.244 e. The molecule has 0 bridgehead atoms. The Balaban J connectivity index is 1.85. The number of para-hydroxylation sites is 1. The van der Waals surface area contributed by atoms with E-state index in [4.69, 9.17) is 9.47 Å². The van der Waals surface area contributed by atoms with E-state index in [1.807, 2.05) is 24.3 Å². The van der Waals surface area contributed by atoms with Gasteiger partial charge in [-0.1, -0.05) is 18.2 Å². The molecule has 0 spiro atoms. The van der Waals surface area contributed by atoms with Crippen molar-refractivity contribution >= 4 is 11.8 Å². The van der Waals surface area contributed by atoms with Crippen molar-refractivity contribution in [2.75, 3.05) is 44.5 Å². The summed E-state index contributed by atoms with van der Waals surface area (Å²) in [5.41, 5.74) is 1.14. The van der Waals surface area contributed by atoms with Crippen molar-refractivity contribution in [2.45, 2.75) is 6.42 Å². The van der Waals surface area contributed by atoms with Gasteiger partial charge in [0.25, 0.3) is 0 Å². The molecule has 0 radical (unpaired) electrons. The van der Waals surface area contributed by atoms with Gasteiger partial charge in [-0.3, -0.25) is 0 Å². The third kappa shape index (κ3) is 4.85. The van der Waals surface area contributed by atoms with Crippen molar-refractivity contribution in [3.05, 3.63) is 36.0 Å². The summed E-state index contributed by atoms with van der Waals surface area (Å²) < 4.78 is 10.3. The summed E-state index contributed by atoms with van der Waals surface area (Å²) in [6, 6.07) is 7.95. The van der Waals surface area contributed by atoms with Crippen LogP contribution in [0.2, 0.25) is 0 Å². The zero-order chi connectivity index (χ0) is 15.6. The zero-order valence-electron chi connectivity index (χ0n) is 12.9. The van der Waals surface area contributed by atoms with Crippen molar-refractivity contribution in [1.29, 1.82) is 0 Å². The first-order valence-corrected chi connectivity index (χ1v) is 7.12. The summed E-state index contributed by atoms with van der Waals surface area (Å²) in [5, 5.41) is 14.2. The maximum atomic E-state index is 5.33. The van der Waals surface area contributed by atoms with Gasteiger partial charge in [-0.25, -0.2) is 0 Å². The summed E-state index contributed by atoms with van der Waals surface area (Å²) in [7, 11) is 3.33. The summed E-state index contributed by atoms with van der Waals surface area (Å²) in [6.45, 7) is 1.99. The van der Waals surface area contributed by atoms with Gasteiger partial charge in [0, 0.05) is 20.2 Å². The highest BCUT2D eigenvalue weighted by Crippen LogP contribution is 2.17. The Morgan fingerprint density at radius 2 is 1.95 bits per heavy atom. The van der Waals surface area contributed by atoms with Gasteiger partial charge < -0.3 is 20.1 Å². The quantitative estimate of drug-likeness (QED) is 0.681. The Labute approximate surface area is 130 Å². The lowest BCUT2D eigenvalue weighted by atomic mass is 10.1. The van der Waals surface area contributed by atoms with E-state index >= 15 is 0 Å². The van der Waals surface area contributed by atoms with Crippen LogP contribution in [0.15, 0.2) is 30.5 Å². The molecule has 0 aliphatic heterocycles. The Kier molecular flexibility index (Phi) is 6.38. The molecule has 0 aliphatic rings. The standard InChI is InChI=1S/C15H21N5O2/c1-21-10-9-16-14-11-18-20-15(19-14)17-8-7-12-5-3-4-6-13(12)22-2/h3-6,11H,7-10H2,1-2H3,(H2,16,17,19,20). The number of aromatic nitrogens is 3. The molecule has 0 saturated heterocycles. The highest BCUT2D eigenvalue weighted by Gasteiger charge is 2.03. The topological polar surface area (TPSA) is 81.2 Å². The van der Waals surface area contributed by atoms with Crippen LogP contribution in [0.5, 0.6) is 5.75 Å². The molecule has 1 aromatic heterocycles. The van der Waals surface area contributed by atoms with Crippen LogP contribution in [0.25, 0.3) is 0 Å². The molecule has 1 aromatic carbocycles. The van der Waals surface area contributed by atoms with Crippen molar-refractivity contribution in [3.8, 4) is 5.75 Å². The van der Waals surface area contributed by atoms with E-state index in [0.717, 1.165) is 17.7 Å². The van der Waals surface area contributed by atoms with E-state index in [0.29, 0.717) is 31.5 Å². The molecule has 118 valence electrons. The Hall–Kier alpha value is -2.41. The van der Waals surface area contributed by atoms with Gasteiger partial charge in [-0.2, -0.15) is 10.1 Å². The lowest BCUT2D eigenvalue weighted by Crippen LogP contribution is -2.13. The highest BCUT2D eigenvalue weighted by molar-refractivity contribution is 5.38. The third-order valence-corrected chi connectivity index (χ3v) is 3.04. The van der Waals surface area contributed by atoms with Crippen molar-refractivity contribution < 1.29 is 9.47 Å². The Morgan fingerprint density at radius 3 is 2.77 bits per heavy atom. The summed E-state index contributed by atoms with van der Waals surface area (Å²) >= 11 is 0. The summed E-state index contributed by atoms with van der Waals surface area (Å²) in [5.74, 6) is 2.06. The first-order valence-electron chi connectivity index (χ1n) is 7.12. The number of hydrogen-bond acceptors (Lipinski definition) is 7. The fourth-order valence-corrected chi connectivity index (χ4v) is 1.96. The van der Waals surface area contributed by atoms with Gasteiger partial charge in [0.1, 0.15) is 5.75 Å². The van der Waals surface area contributed by atoms with E-state index in [1.54, 1.807) is 20.4 Å². The van der Waals surface area contributed by atoms with Crippen LogP contribution in [0.4, 0.5) is 11.8 Å². The van der Waals surface area contributed by atoms with Crippen molar-refractivity contribution in [1.82, 2.24) is 15.2 Å². The molecule has 0 fully saturated rings. The lowest BCUT2D eigenvalue weighted by Gasteiger charge is -2.09. The van der Waals surface area contributed by atoms with Gasteiger partial charge in [0.2, 0.25) is 5.95 Å². The number of methoxy groups -OCH3 is 2. The molecular formula is C15H21N5O2. The lowest BCUT2D eigenvalue weighted by molar-refractivity contribution is 0.210. The largest absolute Gasteiger partial charge is 0.496 e. The second-order valence-electron chi connectivity index (χ2n) is 4.57.